The lowest BCUT2D eigenvalue weighted by Crippen LogP contribution is -2.34. The fourth-order valence-electron chi connectivity index (χ4n) is 5.21. The van der Waals surface area contributed by atoms with Gasteiger partial charge < -0.3 is 19.3 Å². The van der Waals surface area contributed by atoms with Crippen LogP contribution in [0.4, 0.5) is 0 Å². The molecular formula is C34H52N2O4. The fraction of sp³-hybridized carbons (Fsp3) is 0.588. The molecule has 0 aliphatic rings. The van der Waals surface area contributed by atoms with Crippen molar-refractivity contribution >= 4 is 11.6 Å². The first kappa shape index (κ1) is 33.5. The van der Waals surface area contributed by atoms with Crippen LogP contribution in [0.25, 0.3) is 0 Å². The van der Waals surface area contributed by atoms with Crippen molar-refractivity contribution in [2.45, 2.75) is 67.2 Å². The number of carbonyl (C=O) groups is 2. The zero-order valence-electron chi connectivity index (χ0n) is 25.8. The monoisotopic (exact) mass is 552 g/mol. The van der Waals surface area contributed by atoms with E-state index in [4.69, 9.17) is 9.47 Å². The number of hydrogen-bond acceptors (Lipinski definition) is 6. The molecule has 0 fully saturated rings. The summed E-state index contributed by atoms with van der Waals surface area (Å²) in [6.45, 7) is 18.9. The quantitative estimate of drug-likeness (QED) is 0.122. The highest BCUT2D eigenvalue weighted by Gasteiger charge is 2.25. The second-order valence-electron chi connectivity index (χ2n) is 10.3. The van der Waals surface area contributed by atoms with Crippen LogP contribution in [0.15, 0.2) is 48.5 Å². The highest BCUT2D eigenvalue weighted by molar-refractivity contribution is 5.98. The second kappa shape index (κ2) is 18.6. The molecule has 0 saturated carbocycles. The van der Waals surface area contributed by atoms with Crippen molar-refractivity contribution in [1.29, 1.82) is 0 Å². The summed E-state index contributed by atoms with van der Waals surface area (Å²) in [6.07, 6.45) is 3.47. The Morgan fingerprint density at radius 2 is 0.900 bits per heavy atom. The van der Waals surface area contributed by atoms with E-state index in [1.165, 1.54) is 0 Å². The molecule has 0 amide bonds. The van der Waals surface area contributed by atoms with E-state index in [9.17, 15) is 9.59 Å². The van der Waals surface area contributed by atoms with Crippen LogP contribution in [0, 0.1) is 11.8 Å². The van der Waals surface area contributed by atoms with Crippen LogP contribution in [0.2, 0.25) is 0 Å². The van der Waals surface area contributed by atoms with Crippen LogP contribution in [-0.4, -0.2) is 73.8 Å². The van der Waals surface area contributed by atoms with Crippen LogP contribution < -0.4 is 9.47 Å². The van der Waals surface area contributed by atoms with E-state index >= 15 is 0 Å². The van der Waals surface area contributed by atoms with Gasteiger partial charge in [0.15, 0.2) is 11.6 Å². The van der Waals surface area contributed by atoms with Gasteiger partial charge in [-0.05, 0) is 101 Å². The molecule has 6 heteroatoms. The first-order chi connectivity index (χ1) is 19.4. The Morgan fingerprint density at radius 3 is 1.18 bits per heavy atom. The lowest BCUT2D eigenvalue weighted by molar-refractivity contribution is 0.0852. The van der Waals surface area contributed by atoms with Crippen LogP contribution >= 0.6 is 0 Å². The van der Waals surface area contributed by atoms with Crippen molar-refractivity contribution < 1.29 is 19.1 Å². The lowest BCUT2D eigenvalue weighted by atomic mass is 9.88. The standard InChI is InChI=1S/C34H52N2O4/c1-7-35(8-2)25-29(33(37)27-17-21-31(22-18-27)39-11-5)15-13-14-16-30(26-36(9-3)10-4)34(38)28-19-23-32(24-20-28)40-12-6/h17-24,29-30H,7-16,25-26H2,1-6H3. The summed E-state index contributed by atoms with van der Waals surface area (Å²) in [5.74, 6) is 1.83. The maximum absolute atomic E-state index is 13.6. The number of unbranched alkanes of at least 4 members (excludes halogenated alkanes) is 1. The number of rotatable bonds is 21. The topological polar surface area (TPSA) is 59.1 Å². The fourth-order valence-corrected chi connectivity index (χ4v) is 5.21. The van der Waals surface area contributed by atoms with Crippen LogP contribution in [0.1, 0.15) is 87.9 Å². The van der Waals surface area contributed by atoms with E-state index in [2.05, 4.69) is 37.5 Å². The zero-order valence-corrected chi connectivity index (χ0v) is 25.8. The highest BCUT2D eigenvalue weighted by Crippen LogP contribution is 2.24. The molecule has 0 aromatic heterocycles. The van der Waals surface area contributed by atoms with Crippen LogP contribution in [0.3, 0.4) is 0 Å². The minimum absolute atomic E-state index is 0.0686. The number of Topliss-reactive ketones (excluding diaryl/α,β-unsaturated/α-hetero) is 2. The Morgan fingerprint density at radius 1 is 0.575 bits per heavy atom. The average Bonchev–Trinajstić information content (AvgIpc) is 2.99. The summed E-state index contributed by atoms with van der Waals surface area (Å²) in [5, 5.41) is 0. The minimum atomic E-state index is -0.0686. The molecule has 2 aromatic rings. The first-order valence-corrected chi connectivity index (χ1v) is 15.4. The lowest BCUT2D eigenvalue weighted by Gasteiger charge is -2.26. The number of ether oxygens (including phenoxy) is 2. The summed E-state index contributed by atoms with van der Waals surface area (Å²) >= 11 is 0. The van der Waals surface area contributed by atoms with Gasteiger partial charge in [-0.3, -0.25) is 9.59 Å². The third-order valence-electron chi connectivity index (χ3n) is 7.74. The smallest absolute Gasteiger partial charge is 0.167 e. The predicted molar refractivity (Wildman–Crippen MR) is 165 cm³/mol. The normalized spacial score (nSPS) is 12.9. The van der Waals surface area contributed by atoms with E-state index in [0.29, 0.717) is 13.2 Å². The molecule has 2 atom stereocenters. The second-order valence-corrected chi connectivity index (χ2v) is 10.3. The van der Waals surface area contributed by atoms with E-state index in [0.717, 1.165) is 87.6 Å². The molecule has 0 radical (unpaired) electrons. The van der Waals surface area contributed by atoms with Gasteiger partial charge in [-0.1, -0.05) is 40.5 Å². The molecule has 0 aliphatic carbocycles. The Balaban J connectivity index is 2.09. The third-order valence-corrected chi connectivity index (χ3v) is 7.74. The van der Waals surface area contributed by atoms with E-state index in [1.807, 2.05) is 62.4 Å². The maximum Gasteiger partial charge on any atom is 0.167 e. The Kier molecular flexibility index (Phi) is 15.6. The predicted octanol–water partition coefficient (Wildman–Crippen LogP) is 7.03. The number of hydrogen-bond donors (Lipinski definition) is 0. The van der Waals surface area contributed by atoms with Gasteiger partial charge in [0.05, 0.1) is 13.2 Å². The van der Waals surface area contributed by atoms with Gasteiger partial charge in [0.1, 0.15) is 11.5 Å². The molecule has 0 aliphatic heterocycles. The van der Waals surface area contributed by atoms with Gasteiger partial charge in [-0.2, -0.15) is 0 Å². The van der Waals surface area contributed by atoms with Crippen LogP contribution in [-0.2, 0) is 0 Å². The molecular weight excluding hydrogens is 500 g/mol. The summed E-state index contributed by atoms with van der Waals surface area (Å²) in [4.78, 5) is 31.8. The molecule has 0 heterocycles. The maximum atomic E-state index is 13.6. The Hall–Kier alpha value is -2.70. The van der Waals surface area contributed by atoms with Gasteiger partial charge >= 0.3 is 0 Å². The third kappa shape index (κ3) is 10.7. The van der Waals surface area contributed by atoms with Gasteiger partial charge in [0.2, 0.25) is 0 Å². The van der Waals surface area contributed by atoms with Gasteiger partial charge in [0, 0.05) is 36.1 Å². The molecule has 2 rings (SSSR count). The average molecular weight is 553 g/mol. The number of nitrogens with zero attached hydrogens (tertiary/aromatic N) is 2. The first-order valence-electron chi connectivity index (χ1n) is 15.4. The van der Waals surface area contributed by atoms with Crippen molar-refractivity contribution in [3.63, 3.8) is 0 Å². The van der Waals surface area contributed by atoms with E-state index < -0.39 is 0 Å². The molecule has 0 spiro atoms. The SMILES string of the molecule is CCOc1ccc(C(=O)C(CCCCC(CN(CC)CC)C(=O)c2ccc(OCC)cc2)CN(CC)CC)cc1. The molecule has 2 unspecified atom stereocenters. The van der Waals surface area contributed by atoms with Crippen molar-refractivity contribution in [2.75, 3.05) is 52.5 Å². The minimum Gasteiger partial charge on any atom is -0.494 e. The largest absolute Gasteiger partial charge is 0.494 e. The zero-order chi connectivity index (χ0) is 29.3. The van der Waals surface area contributed by atoms with Crippen molar-refractivity contribution in [1.82, 2.24) is 9.80 Å². The number of benzene rings is 2. The summed E-state index contributed by atoms with van der Waals surface area (Å²) < 4.78 is 11.1. The molecule has 0 saturated heterocycles. The molecule has 2 aromatic carbocycles. The highest BCUT2D eigenvalue weighted by atomic mass is 16.5. The molecule has 0 bridgehead atoms. The Labute approximate surface area is 243 Å². The van der Waals surface area contributed by atoms with E-state index in [-0.39, 0.29) is 23.4 Å². The van der Waals surface area contributed by atoms with Gasteiger partial charge in [-0.15, -0.1) is 0 Å². The van der Waals surface area contributed by atoms with Gasteiger partial charge in [-0.25, -0.2) is 0 Å². The Bertz CT molecular complexity index is 901. The molecule has 40 heavy (non-hydrogen) atoms. The summed E-state index contributed by atoms with van der Waals surface area (Å²) in [7, 11) is 0. The molecule has 0 N–H and O–H groups in total. The molecule has 6 nitrogen and oxygen atoms in total. The molecule has 222 valence electrons. The number of carbonyl (C=O) groups excluding carboxylic acids is 2. The van der Waals surface area contributed by atoms with Gasteiger partial charge in [0.25, 0.3) is 0 Å². The van der Waals surface area contributed by atoms with E-state index in [1.54, 1.807) is 0 Å². The van der Waals surface area contributed by atoms with Crippen molar-refractivity contribution in [3.8, 4) is 11.5 Å². The van der Waals surface area contributed by atoms with Crippen molar-refractivity contribution in [2.24, 2.45) is 11.8 Å². The summed E-state index contributed by atoms with van der Waals surface area (Å²) in [5.41, 5.74) is 1.48. The summed E-state index contributed by atoms with van der Waals surface area (Å²) in [6, 6.07) is 15.1. The van der Waals surface area contributed by atoms with Crippen LogP contribution in [0.5, 0.6) is 11.5 Å². The van der Waals surface area contributed by atoms with Crippen molar-refractivity contribution in [3.05, 3.63) is 59.7 Å². The number of ketones is 2.